The second-order valence-corrected chi connectivity index (χ2v) is 11.0. The van der Waals surface area contributed by atoms with Crippen molar-refractivity contribution in [1.82, 2.24) is 9.80 Å². The summed E-state index contributed by atoms with van der Waals surface area (Å²) < 4.78 is 0. The minimum Gasteiger partial charge on any atom is -1.00 e. The van der Waals surface area contributed by atoms with Gasteiger partial charge >= 0.3 is 0 Å². The Bertz CT molecular complexity index is 1160. The Kier molecular flexibility index (Phi) is 11.3. The number of aromatic amines is 1. The second-order valence-electron chi connectivity index (χ2n) is 11.0. The number of benzene rings is 2. The molecule has 0 bridgehead atoms. The van der Waals surface area contributed by atoms with Crippen LogP contribution >= 0.6 is 0 Å². The van der Waals surface area contributed by atoms with Crippen LogP contribution in [0.2, 0.25) is 0 Å². The molecule has 0 saturated carbocycles. The van der Waals surface area contributed by atoms with Gasteiger partial charge in [0.2, 0.25) is 22.8 Å². The van der Waals surface area contributed by atoms with Crippen LogP contribution in [0.25, 0.3) is 21.8 Å². The number of amides is 2. The van der Waals surface area contributed by atoms with Gasteiger partial charge in [-0.25, -0.2) is 4.98 Å². The molecule has 2 aliphatic heterocycles. The molecule has 0 atom stereocenters. The predicted molar refractivity (Wildman–Crippen MR) is 154 cm³/mol. The van der Waals surface area contributed by atoms with Crippen LogP contribution in [0, 0.1) is 0 Å². The number of pyridine rings is 1. The lowest BCUT2D eigenvalue weighted by Crippen LogP contribution is -3.00. The van der Waals surface area contributed by atoms with E-state index in [9.17, 15) is 9.59 Å². The average Bonchev–Trinajstić information content (AvgIpc) is 3.35. The Morgan fingerprint density at radius 1 is 0.615 bits per heavy atom. The number of nitrogens with zero attached hydrogens (tertiary/aromatic N) is 2. The third-order valence-electron chi connectivity index (χ3n) is 7.96. The molecule has 3 N–H and O–H groups in total. The summed E-state index contributed by atoms with van der Waals surface area (Å²) >= 11 is 0. The maximum absolute atomic E-state index is 12.6. The van der Waals surface area contributed by atoms with Crippen molar-refractivity contribution in [2.45, 2.75) is 64.2 Å². The maximum atomic E-state index is 12.6. The quantitative estimate of drug-likeness (QED) is 0.292. The van der Waals surface area contributed by atoms with E-state index in [1.165, 1.54) is 51.4 Å². The number of hydrogen-bond donors (Lipinski definition) is 2. The summed E-state index contributed by atoms with van der Waals surface area (Å²) in [5.74, 6) is 0.110. The highest BCUT2D eigenvalue weighted by atomic mass is 127. The molecule has 5 rings (SSSR count). The monoisotopic (exact) mass is 643 g/mol. The summed E-state index contributed by atoms with van der Waals surface area (Å²) in [6, 6.07) is 14.1. The molecule has 1 aromatic heterocycles. The normalized spacial score (nSPS) is 17.2. The van der Waals surface area contributed by atoms with Crippen LogP contribution in [-0.2, 0) is 9.59 Å². The summed E-state index contributed by atoms with van der Waals surface area (Å²) in [6.07, 6.45) is 11.2. The number of likely N-dealkylation sites (tertiary alicyclic amines) is 2. The van der Waals surface area contributed by atoms with E-state index < -0.39 is 0 Å². The number of carbonyl (C=O) groups excluding carboxylic acids is 2. The lowest BCUT2D eigenvalue weighted by molar-refractivity contribution is -0.310. The molecule has 3 aromatic rings. The Hall–Kier alpha value is -2.30. The highest BCUT2D eigenvalue weighted by Gasteiger charge is 2.14. The number of hydrogen-bond acceptors (Lipinski definition) is 4. The summed E-state index contributed by atoms with van der Waals surface area (Å²) in [4.78, 5) is 33.6. The van der Waals surface area contributed by atoms with Crippen molar-refractivity contribution in [2.75, 3.05) is 49.9 Å². The fourth-order valence-electron chi connectivity index (χ4n) is 5.73. The molecule has 3 heterocycles. The van der Waals surface area contributed by atoms with Crippen molar-refractivity contribution in [2.24, 2.45) is 0 Å². The number of halogens is 1. The number of carbonyl (C=O) groups is 2. The lowest BCUT2D eigenvalue weighted by atomic mass is 10.1. The highest BCUT2D eigenvalue weighted by Crippen LogP contribution is 2.23. The molecule has 0 radical (unpaired) electrons. The predicted octanol–water partition coefficient (Wildman–Crippen LogP) is 2.22. The molecular formula is C31H42IN5O2. The molecule has 0 unspecified atom stereocenters. The zero-order valence-corrected chi connectivity index (χ0v) is 25.1. The van der Waals surface area contributed by atoms with Gasteiger partial charge in [0.15, 0.2) is 0 Å². The number of H-pyrrole nitrogens is 1. The highest BCUT2D eigenvalue weighted by molar-refractivity contribution is 5.97. The molecule has 2 aliphatic rings. The van der Waals surface area contributed by atoms with E-state index >= 15 is 0 Å². The number of nitrogens with one attached hydrogen (secondary N) is 3. The first-order valence-electron chi connectivity index (χ1n) is 14.6. The molecule has 39 heavy (non-hydrogen) atoms. The number of fused-ring (bicyclic) bond motifs is 2. The van der Waals surface area contributed by atoms with Crippen LogP contribution in [0.3, 0.4) is 0 Å². The first-order valence-corrected chi connectivity index (χ1v) is 14.6. The number of rotatable bonds is 8. The molecule has 0 aliphatic carbocycles. The van der Waals surface area contributed by atoms with Crippen molar-refractivity contribution < 1.29 is 38.5 Å². The molecule has 0 spiro atoms. The van der Waals surface area contributed by atoms with Gasteiger partial charge in [0.05, 0.1) is 0 Å². The van der Waals surface area contributed by atoms with Gasteiger partial charge in [-0.1, -0.05) is 25.7 Å². The Morgan fingerprint density at radius 2 is 1.03 bits per heavy atom. The largest absolute Gasteiger partial charge is 1.00 e. The van der Waals surface area contributed by atoms with E-state index in [0.717, 1.165) is 72.4 Å². The van der Waals surface area contributed by atoms with E-state index in [-0.39, 0.29) is 35.8 Å². The zero-order valence-electron chi connectivity index (χ0n) is 22.9. The second kappa shape index (κ2) is 14.9. The average molecular weight is 644 g/mol. The van der Waals surface area contributed by atoms with Crippen molar-refractivity contribution >= 4 is 45.0 Å². The summed E-state index contributed by atoms with van der Waals surface area (Å²) in [5, 5.41) is 8.30. The van der Waals surface area contributed by atoms with Gasteiger partial charge in [0.1, 0.15) is 0 Å². The van der Waals surface area contributed by atoms with Gasteiger partial charge in [-0.15, -0.1) is 0 Å². The third-order valence-corrected chi connectivity index (χ3v) is 7.96. The van der Waals surface area contributed by atoms with E-state index in [0.29, 0.717) is 12.8 Å². The topological polar surface area (TPSA) is 78.8 Å². The summed E-state index contributed by atoms with van der Waals surface area (Å²) in [6.45, 7) is 6.06. The van der Waals surface area contributed by atoms with Crippen molar-refractivity contribution in [3.63, 3.8) is 0 Å². The Morgan fingerprint density at radius 3 is 1.44 bits per heavy atom. The van der Waals surface area contributed by atoms with Gasteiger partial charge in [0, 0.05) is 60.2 Å². The van der Waals surface area contributed by atoms with Crippen molar-refractivity contribution in [3.8, 4) is 0 Å². The zero-order chi connectivity index (χ0) is 26.2. The van der Waals surface area contributed by atoms with E-state index in [2.05, 4.69) is 31.5 Å². The van der Waals surface area contributed by atoms with E-state index in [4.69, 9.17) is 0 Å². The Labute approximate surface area is 249 Å². The van der Waals surface area contributed by atoms with Gasteiger partial charge in [0.25, 0.3) is 0 Å². The molecule has 210 valence electrons. The van der Waals surface area contributed by atoms with Crippen LogP contribution in [0.1, 0.15) is 64.2 Å². The van der Waals surface area contributed by atoms with E-state index in [1.807, 2.05) is 36.4 Å². The molecule has 2 saturated heterocycles. The molecule has 7 nitrogen and oxygen atoms in total. The van der Waals surface area contributed by atoms with E-state index in [1.54, 1.807) is 0 Å². The first kappa shape index (κ1) is 29.7. The molecule has 2 aromatic carbocycles. The smallest absolute Gasteiger partial charge is 0.225 e. The molecule has 8 heteroatoms. The minimum absolute atomic E-state index is 0. The van der Waals surface area contributed by atoms with Crippen LogP contribution in [0.15, 0.2) is 42.5 Å². The molecular weight excluding hydrogens is 601 g/mol. The fourth-order valence-corrected chi connectivity index (χ4v) is 5.73. The van der Waals surface area contributed by atoms with Crippen molar-refractivity contribution in [3.05, 3.63) is 42.5 Å². The van der Waals surface area contributed by atoms with Gasteiger partial charge in [-0.3, -0.25) is 9.59 Å². The van der Waals surface area contributed by atoms with Crippen LogP contribution < -0.4 is 39.6 Å². The molecule has 2 amide bonds. The summed E-state index contributed by atoms with van der Waals surface area (Å²) in [7, 11) is 0. The van der Waals surface area contributed by atoms with Crippen LogP contribution in [0.4, 0.5) is 11.4 Å². The molecule has 2 fully saturated rings. The fraction of sp³-hybridized carbons (Fsp3) is 0.516. The SMILES string of the molecule is O=C(CCN1CCCCCC1)Nc1ccc2cc3ccc(NC(=O)CCN4CCCCCC4)cc3[nH+]c2c1.[I-]. The first-order chi connectivity index (χ1) is 18.6. The minimum atomic E-state index is 0. The van der Waals surface area contributed by atoms with Gasteiger partial charge < -0.3 is 44.4 Å². The maximum Gasteiger partial charge on any atom is 0.225 e. The standard InChI is InChI=1S/C31H41N5O2.HI/c37-30(13-19-35-15-5-1-2-6-16-35)32-26-11-9-24-21-25-10-12-27(23-29(25)34-28(24)22-26)33-31(38)14-20-36-17-7-3-4-8-18-36;/h9-12,21-23H,1-8,13-20H2,(H,32,37)(H,33,38);1H. The lowest BCUT2D eigenvalue weighted by Gasteiger charge is -2.19. The van der Waals surface area contributed by atoms with Crippen molar-refractivity contribution in [1.29, 1.82) is 0 Å². The van der Waals surface area contributed by atoms with Gasteiger partial charge in [-0.05, 0) is 82.2 Å². The van der Waals surface area contributed by atoms with Gasteiger partial charge in [-0.2, -0.15) is 0 Å². The third kappa shape index (κ3) is 8.85. The van der Waals surface area contributed by atoms with Crippen LogP contribution in [-0.4, -0.2) is 60.9 Å². The Balaban J connectivity index is 0.00000353. The summed E-state index contributed by atoms with van der Waals surface area (Å²) in [5.41, 5.74) is 3.50. The number of aromatic nitrogens is 1. The van der Waals surface area contributed by atoms with Crippen LogP contribution in [0.5, 0.6) is 0 Å². The number of anilines is 2.